The standard InChI is InChI=1S/C15H34N4O/c1-12(2)11-19(10-9-18(5)6)8-7-14(15(16)20)17-13(3)4/h12-14,17H,7-11H2,1-6H3,(H2,16,20). The van der Waals surface area contributed by atoms with Crippen LogP contribution in [-0.2, 0) is 4.79 Å². The molecule has 5 nitrogen and oxygen atoms in total. The normalized spacial score (nSPS) is 13.7. The highest BCUT2D eigenvalue weighted by Gasteiger charge is 2.18. The van der Waals surface area contributed by atoms with Gasteiger partial charge in [0, 0.05) is 32.2 Å². The second kappa shape index (κ2) is 10.1. The zero-order valence-electron chi connectivity index (χ0n) is 14.1. The molecule has 0 aliphatic rings. The third-order valence-electron chi connectivity index (χ3n) is 3.10. The van der Waals surface area contributed by atoms with Crippen LogP contribution in [0.25, 0.3) is 0 Å². The van der Waals surface area contributed by atoms with Crippen LogP contribution in [0.2, 0.25) is 0 Å². The molecular formula is C15H34N4O. The van der Waals surface area contributed by atoms with E-state index in [1.807, 2.05) is 13.8 Å². The Balaban J connectivity index is 4.35. The van der Waals surface area contributed by atoms with Gasteiger partial charge in [0.05, 0.1) is 6.04 Å². The fraction of sp³-hybridized carbons (Fsp3) is 0.933. The molecule has 0 aliphatic carbocycles. The largest absolute Gasteiger partial charge is 0.368 e. The number of rotatable bonds is 11. The number of nitrogens with one attached hydrogen (secondary N) is 1. The van der Waals surface area contributed by atoms with Crippen LogP contribution in [0.4, 0.5) is 0 Å². The maximum absolute atomic E-state index is 11.5. The molecule has 0 aromatic carbocycles. The summed E-state index contributed by atoms with van der Waals surface area (Å²) in [6.07, 6.45) is 0.771. The van der Waals surface area contributed by atoms with Gasteiger partial charge in [-0.25, -0.2) is 0 Å². The monoisotopic (exact) mass is 286 g/mol. The Morgan fingerprint density at radius 2 is 1.70 bits per heavy atom. The summed E-state index contributed by atoms with van der Waals surface area (Å²) in [5.41, 5.74) is 5.47. The molecule has 0 aliphatic heterocycles. The molecule has 0 saturated carbocycles. The maximum Gasteiger partial charge on any atom is 0.234 e. The molecule has 0 fully saturated rings. The van der Waals surface area contributed by atoms with Gasteiger partial charge in [-0.05, 0) is 26.4 Å². The van der Waals surface area contributed by atoms with Crippen LogP contribution in [0.3, 0.4) is 0 Å². The van der Waals surface area contributed by atoms with Crippen molar-refractivity contribution in [1.29, 1.82) is 0 Å². The number of carbonyl (C=O) groups excluding carboxylic acids is 1. The highest BCUT2D eigenvalue weighted by molar-refractivity contribution is 5.79. The molecule has 1 amide bonds. The summed E-state index contributed by atoms with van der Waals surface area (Å²) in [5, 5.41) is 3.24. The SMILES string of the molecule is CC(C)CN(CCC(NC(C)C)C(N)=O)CCN(C)C. The lowest BCUT2D eigenvalue weighted by molar-refractivity contribution is -0.120. The Hall–Kier alpha value is -0.650. The molecule has 0 heterocycles. The Labute approximate surface area is 124 Å². The quantitative estimate of drug-likeness (QED) is 0.588. The summed E-state index contributed by atoms with van der Waals surface area (Å²) in [7, 11) is 4.17. The van der Waals surface area contributed by atoms with E-state index in [2.05, 4.69) is 43.1 Å². The first kappa shape index (κ1) is 19.4. The number of primary amides is 1. The molecule has 0 rings (SSSR count). The molecule has 5 heteroatoms. The first-order chi connectivity index (χ1) is 9.22. The van der Waals surface area contributed by atoms with E-state index >= 15 is 0 Å². The fourth-order valence-corrected chi connectivity index (χ4v) is 2.17. The molecule has 3 N–H and O–H groups in total. The number of nitrogens with zero attached hydrogens (tertiary/aromatic N) is 2. The van der Waals surface area contributed by atoms with Crippen LogP contribution >= 0.6 is 0 Å². The summed E-state index contributed by atoms with van der Waals surface area (Å²) < 4.78 is 0. The maximum atomic E-state index is 11.5. The lowest BCUT2D eigenvalue weighted by Gasteiger charge is -2.28. The number of likely N-dealkylation sites (N-methyl/N-ethyl adjacent to an activating group) is 1. The topological polar surface area (TPSA) is 61.6 Å². The van der Waals surface area contributed by atoms with Gasteiger partial charge in [0.25, 0.3) is 0 Å². The number of amides is 1. The van der Waals surface area contributed by atoms with Crippen molar-refractivity contribution in [1.82, 2.24) is 15.1 Å². The molecule has 0 saturated heterocycles. The van der Waals surface area contributed by atoms with Gasteiger partial charge in [0.2, 0.25) is 5.91 Å². The average molecular weight is 286 g/mol. The van der Waals surface area contributed by atoms with Crippen molar-refractivity contribution in [3.05, 3.63) is 0 Å². The molecule has 1 atom stereocenters. The molecular weight excluding hydrogens is 252 g/mol. The third-order valence-corrected chi connectivity index (χ3v) is 3.10. The third kappa shape index (κ3) is 10.2. The molecule has 1 unspecified atom stereocenters. The van der Waals surface area contributed by atoms with E-state index in [1.165, 1.54) is 0 Å². The molecule has 20 heavy (non-hydrogen) atoms. The van der Waals surface area contributed by atoms with Gasteiger partial charge >= 0.3 is 0 Å². The van der Waals surface area contributed by atoms with Crippen molar-refractivity contribution in [3.63, 3.8) is 0 Å². The zero-order valence-corrected chi connectivity index (χ0v) is 14.1. The van der Waals surface area contributed by atoms with E-state index in [1.54, 1.807) is 0 Å². The van der Waals surface area contributed by atoms with Gasteiger partial charge in [-0.15, -0.1) is 0 Å². The lowest BCUT2D eigenvalue weighted by atomic mass is 10.1. The predicted octanol–water partition coefficient (Wildman–Crippen LogP) is 0.748. The van der Waals surface area contributed by atoms with E-state index in [0.29, 0.717) is 5.92 Å². The Morgan fingerprint density at radius 3 is 2.10 bits per heavy atom. The van der Waals surface area contributed by atoms with Crippen LogP contribution in [0.1, 0.15) is 34.1 Å². The minimum atomic E-state index is -0.254. The minimum absolute atomic E-state index is 0.232. The van der Waals surface area contributed by atoms with Crippen LogP contribution in [0.5, 0.6) is 0 Å². The molecule has 0 spiro atoms. The molecule has 0 bridgehead atoms. The first-order valence-electron chi connectivity index (χ1n) is 7.64. The fourth-order valence-electron chi connectivity index (χ4n) is 2.17. The highest BCUT2D eigenvalue weighted by Crippen LogP contribution is 2.03. The van der Waals surface area contributed by atoms with E-state index in [-0.39, 0.29) is 18.0 Å². The Kier molecular flexibility index (Phi) is 9.80. The van der Waals surface area contributed by atoms with E-state index in [4.69, 9.17) is 5.73 Å². The summed E-state index contributed by atoms with van der Waals surface area (Å²) in [5.74, 6) is 0.373. The van der Waals surface area contributed by atoms with Crippen molar-refractivity contribution in [3.8, 4) is 0 Å². The Bertz CT molecular complexity index is 267. The van der Waals surface area contributed by atoms with Crippen LogP contribution in [0.15, 0.2) is 0 Å². The highest BCUT2D eigenvalue weighted by atomic mass is 16.1. The van der Waals surface area contributed by atoms with Crippen LogP contribution < -0.4 is 11.1 Å². The van der Waals surface area contributed by atoms with Crippen LogP contribution in [-0.4, -0.2) is 68.1 Å². The molecule has 0 aromatic heterocycles. The first-order valence-corrected chi connectivity index (χ1v) is 7.64. The number of nitrogens with two attached hydrogens (primary N) is 1. The zero-order chi connectivity index (χ0) is 15.7. The van der Waals surface area contributed by atoms with E-state index in [0.717, 1.165) is 32.6 Å². The van der Waals surface area contributed by atoms with Gasteiger partial charge < -0.3 is 20.9 Å². The summed E-state index contributed by atoms with van der Waals surface area (Å²) in [6.45, 7) is 12.5. The number of hydrogen-bond donors (Lipinski definition) is 2. The summed E-state index contributed by atoms with van der Waals surface area (Å²) in [6, 6.07) is 0.0387. The van der Waals surface area contributed by atoms with Gasteiger partial charge in [-0.3, -0.25) is 4.79 Å². The Morgan fingerprint density at radius 1 is 1.10 bits per heavy atom. The van der Waals surface area contributed by atoms with Crippen molar-refractivity contribution in [2.24, 2.45) is 11.7 Å². The van der Waals surface area contributed by atoms with Crippen molar-refractivity contribution in [2.45, 2.75) is 46.2 Å². The smallest absolute Gasteiger partial charge is 0.234 e. The van der Waals surface area contributed by atoms with Gasteiger partial charge in [0.1, 0.15) is 0 Å². The number of hydrogen-bond acceptors (Lipinski definition) is 4. The van der Waals surface area contributed by atoms with Gasteiger partial charge in [-0.2, -0.15) is 0 Å². The van der Waals surface area contributed by atoms with Crippen LogP contribution in [0, 0.1) is 5.92 Å². The second-order valence-electron chi connectivity index (χ2n) is 6.56. The lowest BCUT2D eigenvalue weighted by Crippen LogP contribution is -2.47. The second-order valence-corrected chi connectivity index (χ2v) is 6.56. The van der Waals surface area contributed by atoms with Crippen molar-refractivity contribution in [2.75, 3.05) is 40.3 Å². The number of carbonyl (C=O) groups is 1. The average Bonchev–Trinajstić information content (AvgIpc) is 2.29. The summed E-state index contributed by atoms with van der Waals surface area (Å²) >= 11 is 0. The molecule has 120 valence electrons. The van der Waals surface area contributed by atoms with E-state index < -0.39 is 0 Å². The molecule has 0 aromatic rings. The van der Waals surface area contributed by atoms with Crippen molar-refractivity contribution < 1.29 is 4.79 Å². The minimum Gasteiger partial charge on any atom is -0.368 e. The van der Waals surface area contributed by atoms with Gasteiger partial charge in [-0.1, -0.05) is 27.7 Å². The van der Waals surface area contributed by atoms with E-state index in [9.17, 15) is 4.79 Å². The van der Waals surface area contributed by atoms with Gasteiger partial charge in [0.15, 0.2) is 0 Å². The molecule has 0 radical (unpaired) electrons. The van der Waals surface area contributed by atoms with Crippen molar-refractivity contribution >= 4 is 5.91 Å². The predicted molar refractivity (Wildman–Crippen MR) is 85.7 cm³/mol. The summed E-state index contributed by atoms with van der Waals surface area (Å²) in [4.78, 5) is 16.1.